The third kappa shape index (κ3) is 12.4. The maximum Gasteiger partial charge on any atom is 0.490 e. The molecular formula is C33H40F3N5O6S2. The summed E-state index contributed by atoms with van der Waals surface area (Å²) in [6.07, 6.45) is 2.35. The summed E-state index contributed by atoms with van der Waals surface area (Å²) in [4.78, 5) is 48.3. The third-order valence-corrected chi connectivity index (χ3v) is 9.59. The Kier molecular flexibility index (Phi) is 14.6. The number of nitrogens with one attached hydrogen (secondary N) is 1. The minimum Gasteiger partial charge on any atom is -0.475 e. The Morgan fingerprint density at radius 2 is 1.67 bits per heavy atom. The van der Waals surface area contributed by atoms with Crippen LogP contribution in [0.2, 0.25) is 0 Å². The number of carboxylic acids is 1. The number of likely N-dealkylation sites (N-methyl/N-ethyl adjacent to an activating group) is 1. The van der Waals surface area contributed by atoms with Crippen LogP contribution < -0.4 is 5.32 Å². The highest BCUT2D eigenvalue weighted by Crippen LogP contribution is 2.22. The largest absolute Gasteiger partial charge is 0.490 e. The number of aliphatic carboxylic acids is 1. The van der Waals surface area contributed by atoms with Crippen molar-refractivity contribution in [1.82, 2.24) is 25.1 Å². The van der Waals surface area contributed by atoms with Gasteiger partial charge in [0.15, 0.2) is 15.0 Å². The smallest absolute Gasteiger partial charge is 0.475 e. The zero-order valence-electron chi connectivity index (χ0n) is 27.4. The summed E-state index contributed by atoms with van der Waals surface area (Å²) in [5.74, 6) is -2.92. The zero-order valence-corrected chi connectivity index (χ0v) is 29.0. The van der Waals surface area contributed by atoms with Gasteiger partial charge in [0, 0.05) is 44.7 Å². The molecule has 4 rings (SSSR count). The molecule has 1 aromatic heterocycles. The normalized spacial score (nSPS) is 14.7. The molecule has 0 aliphatic carbocycles. The molecule has 0 radical (unpaired) electrons. The number of thioether (sulfide) groups is 1. The summed E-state index contributed by atoms with van der Waals surface area (Å²) in [6.45, 7) is 5.20. The van der Waals surface area contributed by atoms with Gasteiger partial charge >= 0.3 is 12.1 Å². The van der Waals surface area contributed by atoms with E-state index in [1.807, 2.05) is 48.4 Å². The number of carboxylic acid groups (broad SMARTS) is 1. The van der Waals surface area contributed by atoms with Crippen molar-refractivity contribution >= 4 is 39.4 Å². The van der Waals surface area contributed by atoms with Gasteiger partial charge in [0.1, 0.15) is 5.69 Å². The minimum absolute atomic E-state index is 0.0595. The Bertz CT molecular complexity index is 1650. The van der Waals surface area contributed by atoms with Crippen LogP contribution in [0.25, 0.3) is 0 Å². The Morgan fingerprint density at radius 1 is 1.06 bits per heavy atom. The molecular weight excluding hydrogens is 684 g/mol. The molecule has 0 bridgehead atoms. The van der Waals surface area contributed by atoms with Crippen LogP contribution in [0.1, 0.15) is 53.8 Å². The Hall–Kier alpha value is -4.02. The highest BCUT2D eigenvalue weighted by atomic mass is 32.2. The minimum atomic E-state index is -5.08. The molecule has 2 aromatic carbocycles. The SMILES string of the molecule is CCN(C(=O)Cc1ccc(S(C)(=O)=O)cc1)C1CCN(CC[C@H](NC(=O)c2ccnc(SC)n2)c2ccccc2)CC1.O=C(O)C(F)(F)F. The Balaban J connectivity index is 0.000000838. The van der Waals surface area contributed by atoms with E-state index >= 15 is 0 Å². The van der Waals surface area contributed by atoms with Crippen LogP contribution in [0.4, 0.5) is 13.2 Å². The molecule has 2 N–H and O–H groups in total. The second-order valence-electron chi connectivity index (χ2n) is 11.3. The number of likely N-dealkylation sites (tertiary alicyclic amines) is 1. The number of hydrogen-bond donors (Lipinski definition) is 2. The number of nitrogens with zero attached hydrogens (tertiary/aromatic N) is 4. The first kappa shape index (κ1) is 39.4. The van der Waals surface area contributed by atoms with Gasteiger partial charge in [-0.1, -0.05) is 54.2 Å². The molecule has 3 aromatic rings. The van der Waals surface area contributed by atoms with E-state index in [0.717, 1.165) is 50.0 Å². The molecule has 1 aliphatic heterocycles. The molecule has 1 fully saturated rings. The number of aromatic nitrogens is 2. The van der Waals surface area contributed by atoms with Crippen molar-refractivity contribution in [2.45, 2.75) is 60.9 Å². The highest BCUT2D eigenvalue weighted by molar-refractivity contribution is 7.98. The molecule has 1 aliphatic rings. The summed E-state index contributed by atoms with van der Waals surface area (Å²) in [7, 11) is -3.27. The van der Waals surface area contributed by atoms with E-state index in [4.69, 9.17) is 9.90 Å². The topological polar surface area (TPSA) is 150 Å². The number of halogens is 3. The molecule has 11 nitrogen and oxygen atoms in total. The summed E-state index contributed by atoms with van der Waals surface area (Å²) in [5.41, 5.74) is 2.21. The molecule has 0 saturated carbocycles. The standard InChI is InChI=1S/C31H39N5O4S2.C2HF3O2/c1-4-36(29(37)22-23-10-12-26(13-11-23)42(3,39)40)25-15-19-35(20-16-25)21-17-27(24-8-6-5-7-9-24)33-30(38)28-14-18-32-31(34-28)41-2;3-2(4,5)1(6)7/h5-14,18,25,27H,4,15-17,19-22H2,1-3H3,(H,33,38);(H,6,7)/t27-;/m0./s1. The number of carbonyl (C=O) groups excluding carboxylic acids is 2. The van der Waals surface area contributed by atoms with E-state index in [9.17, 15) is 31.2 Å². The van der Waals surface area contributed by atoms with Crippen molar-refractivity contribution in [2.24, 2.45) is 0 Å². The second kappa shape index (κ2) is 18.1. The summed E-state index contributed by atoms with van der Waals surface area (Å²) in [6, 6.07) is 18.2. The lowest BCUT2D eigenvalue weighted by Gasteiger charge is -2.38. The number of benzene rings is 2. The lowest BCUT2D eigenvalue weighted by Crippen LogP contribution is -2.48. The van der Waals surface area contributed by atoms with E-state index in [0.29, 0.717) is 17.4 Å². The zero-order chi connectivity index (χ0) is 36.2. The van der Waals surface area contributed by atoms with Crippen molar-refractivity contribution in [3.05, 3.63) is 83.7 Å². The molecule has 1 saturated heterocycles. The Morgan fingerprint density at radius 3 is 2.20 bits per heavy atom. The van der Waals surface area contributed by atoms with Crippen LogP contribution in [-0.4, -0.2) is 102 Å². The molecule has 0 unspecified atom stereocenters. The van der Waals surface area contributed by atoms with Gasteiger partial charge in [0.2, 0.25) is 5.91 Å². The number of carbonyl (C=O) groups is 3. The van der Waals surface area contributed by atoms with Crippen LogP contribution in [0, 0.1) is 0 Å². The van der Waals surface area contributed by atoms with E-state index < -0.39 is 22.0 Å². The first-order chi connectivity index (χ1) is 23.1. The number of piperidine rings is 1. The number of hydrogen-bond acceptors (Lipinski definition) is 9. The number of amides is 2. The number of rotatable bonds is 12. The van der Waals surface area contributed by atoms with Crippen LogP contribution in [0.15, 0.2) is 76.9 Å². The van der Waals surface area contributed by atoms with Crippen molar-refractivity contribution < 1.29 is 41.1 Å². The quantitative estimate of drug-likeness (QED) is 0.200. The average molecular weight is 724 g/mol. The van der Waals surface area contributed by atoms with E-state index in [-0.39, 0.29) is 35.2 Å². The van der Waals surface area contributed by atoms with Gasteiger partial charge in [-0.2, -0.15) is 13.2 Å². The van der Waals surface area contributed by atoms with Crippen LogP contribution in [-0.2, 0) is 25.8 Å². The monoisotopic (exact) mass is 723 g/mol. The fourth-order valence-corrected chi connectivity index (χ4v) is 6.33. The van der Waals surface area contributed by atoms with Gasteiger partial charge in [-0.25, -0.2) is 23.2 Å². The second-order valence-corrected chi connectivity index (χ2v) is 14.1. The highest BCUT2D eigenvalue weighted by Gasteiger charge is 2.38. The van der Waals surface area contributed by atoms with Gasteiger partial charge < -0.3 is 20.2 Å². The lowest BCUT2D eigenvalue weighted by molar-refractivity contribution is -0.192. The first-order valence-electron chi connectivity index (χ1n) is 15.5. The van der Waals surface area contributed by atoms with Crippen molar-refractivity contribution in [2.75, 3.05) is 38.7 Å². The summed E-state index contributed by atoms with van der Waals surface area (Å²) in [5, 5.41) is 10.9. The van der Waals surface area contributed by atoms with Crippen LogP contribution >= 0.6 is 11.8 Å². The predicted octanol–water partition coefficient (Wildman–Crippen LogP) is 4.65. The number of sulfone groups is 1. The van der Waals surface area contributed by atoms with Crippen molar-refractivity contribution in [3.63, 3.8) is 0 Å². The molecule has 16 heteroatoms. The van der Waals surface area contributed by atoms with Gasteiger partial charge in [0.25, 0.3) is 5.91 Å². The van der Waals surface area contributed by atoms with Crippen LogP contribution in [0.5, 0.6) is 0 Å². The van der Waals surface area contributed by atoms with Gasteiger partial charge in [0.05, 0.1) is 17.4 Å². The van der Waals surface area contributed by atoms with Crippen molar-refractivity contribution in [1.29, 1.82) is 0 Å². The van der Waals surface area contributed by atoms with Crippen LogP contribution in [0.3, 0.4) is 0 Å². The van der Waals surface area contributed by atoms with E-state index in [1.165, 1.54) is 18.0 Å². The fraction of sp³-hybridized carbons (Fsp3) is 0.424. The maximum atomic E-state index is 13.2. The molecule has 49 heavy (non-hydrogen) atoms. The van der Waals surface area contributed by atoms with E-state index in [1.54, 1.807) is 36.5 Å². The molecule has 266 valence electrons. The molecule has 2 heterocycles. The van der Waals surface area contributed by atoms with Gasteiger partial charge in [-0.3, -0.25) is 9.59 Å². The molecule has 1 atom stereocenters. The predicted molar refractivity (Wildman–Crippen MR) is 179 cm³/mol. The third-order valence-electron chi connectivity index (χ3n) is 7.90. The fourth-order valence-electron chi connectivity index (χ4n) is 5.34. The van der Waals surface area contributed by atoms with E-state index in [2.05, 4.69) is 20.2 Å². The first-order valence-corrected chi connectivity index (χ1v) is 18.6. The van der Waals surface area contributed by atoms with Gasteiger partial charge in [-0.05, 0) is 61.8 Å². The molecule has 2 amide bonds. The lowest BCUT2D eigenvalue weighted by atomic mass is 9.99. The number of alkyl halides is 3. The Labute approximate surface area is 288 Å². The maximum absolute atomic E-state index is 13.2. The molecule has 0 spiro atoms. The average Bonchev–Trinajstić information content (AvgIpc) is 3.07. The van der Waals surface area contributed by atoms with Gasteiger partial charge in [-0.15, -0.1) is 0 Å². The summed E-state index contributed by atoms with van der Waals surface area (Å²) >= 11 is 1.40. The van der Waals surface area contributed by atoms with Crippen molar-refractivity contribution in [3.8, 4) is 0 Å². The summed E-state index contributed by atoms with van der Waals surface area (Å²) < 4.78 is 55.2.